The highest BCUT2D eigenvalue weighted by Gasteiger charge is 2.25. The third-order valence-electron chi connectivity index (χ3n) is 4.28. The molecule has 0 saturated carbocycles. The Kier molecular flexibility index (Phi) is 6.71. The predicted molar refractivity (Wildman–Crippen MR) is 103 cm³/mol. The van der Waals surface area contributed by atoms with E-state index in [1.165, 1.54) is 0 Å². The van der Waals surface area contributed by atoms with Crippen LogP contribution in [0.15, 0.2) is 24.3 Å². The second kappa shape index (κ2) is 8.78. The average Bonchev–Trinajstić information content (AvgIpc) is 2.59. The summed E-state index contributed by atoms with van der Waals surface area (Å²) in [5, 5.41) is 8.70. The van der Waals surface area contributed by atoms with Gasteiger partial charge in [0.2, 0.25) is 0 Å². The summed E-state index contributed by atoms with van der Waals surface area (Å²) in [4.78, 5) is 26.0. The topological polar surface area (TPSA) is 82.7 Å². The number of urea groups is 2. The van der Waals surface area contributed by atoms with Gasteiger partial charge in [0, 0.05) is 30.9 Å². The summed E-state index contributed by atoms with van der Waals surface area (Å²) < 4.78 is 5.09. The number of hydrogen-bond acceptors (Lipinski definition) is 3. The van der Waals surface area contributed by atoms with Crippen LogP contribution in [0.2, 0.25) is 0 Å². The first-order valence-electron chi connectivity index (χ1n) is 9.03. The molecule has 1 aromatic rings. The molecule has 0 aliphatic carbocycles. The van der Waals surface area contributed by atoms with E-state index in [2.05, 4.69) is 16.0 Å². The Bertz CT molecular complexity index is 602. The van der Waals surface area contributed by atoms with Crippen molar-refractivity contribution in [2.24, 2.45) is 5.92 Å². The Hall–Kier alpha value is -2.44. The molecule has 1 saturated heterocycles. The minimum atomic E-state index is -0.227. The van der Waals surface area contributed by atoms with Crippen LogP contribution in [0.4, 0.5) is 15.3 Å². The maximum absolute atomic E-state index is 12.2. The van der Waals surface area contributed by atoms with Crippen molar-refractivity contribution in [3.63, 3.8) is 0 Å². The highest BCUT2D eigenvalue weighted by Crippen LogP contribution is 2.18. The average molecular weight is 362 g/mol. The van der Waals surface area contributed by atoms with Gasteiger partial charge in [-0.25, -0.2) is 9.59 Å². The lowest BCUT2D eigenvalue weighted by Gasteiger charge is -2.34. The molecular formula is C19H30N4O3. The van der Waals surface area contributed by atoms with E-state index in [9.17, 15) is 9.59 Å². The molecule has 7 nitrogen and oxygen atoms in total. The normalized spacial score (nSPS) is 15.3. The molecule has 0 atom stereocenters. The maximum atomic E-state index is 12.2. The van der Waals surface area contributed by atoms with Gasteiger partial charge in [0.15, 0.2) is 0 Å². The van der Waals surface area contributed by atoms with E-state index in [0.29, 0.717) is 25.6 Å². The second-order valence-corrected chi connectivity index (χ2v) is 7.67. The van der Waals surface area contributed by atoms with Crippen LogP contribution in [0.1, 0.15) is 33.6 Å². The van der Waals surface area contributed by atoms with Crippen LogP contribution in [0.5, 0.6) is 5.75 Å². The number of carbonyl (C=O) groups excluding carboxylic acids is 2. The number of likely N-dealkylation sites (tertiary alicyclic amines) is 1. The van der Waals surface area contributed by atoms with Crippen LogP contribution in [-0.4, -0.2) is 49.2 Å². The fraction of sp³-hybridized carbons (Fsp3) is 0.579. The Balaban J connectivity index is 1.69. The number of piperidine rings is 1. The van der Waals surface area contributed by atoms with Crippen LogP contribution in [0.3, 0.4) is 0 Å². The summed E-state index contributed by atoms with van der Waals surface area (Å²) >= 11 is 0. The Labute approximate surface area is 155 Å². The molecule has 144 valence electrons. The van der Waals surface area contributed by atoms with Gasteiger partial charge in [-0.3, -0.25) is 0 Å². The van der Waals surface area contributed by atoms with Gasteiger partial charge in [-0.2, -0.15) is 0 Å². The first-order valence-corrected chi connectivity index (χ1v) is 9.03. The lowest BCUT2D eigenvalue weighted by Crippen LogP contribution is -2.51. The fourth-order valence-electron chi connectivity index (χ4n) is 2.83. The van der Waals surface area contributed by atoms with Crippen LogP contribution in [0, 0.1) is 5.92 Å². The molecule has 1 aromatic carbocycles. The van der Waals surface area contributed by atoms with Gasteiger partial charge in [0.25, 0.3) is 0 Å². The van der Waals surface area contributed by atoms with Gasteiger partial charge >= 0.3 is 12.1 Å². The molecule has 2 rings (SSSR count). The summed E-state index contributed by atoms with van der Waals surface area (Å²) in [6, 6.07) is 6.96. The minimum absolute atomic E-state index is 0.0128. The summed E-state index contributed by atoms with van der Waals surface area (Å²) in [5.41, 5.74) is 0.492. The number of amides is 4. The molecule has 0 spiro atoms. The smallest absolute Gasteiger partial charge is 0.319 e. The second-order valence-electron chi connectivity index (χ2n) is 7.67. The minimum Gasteiger partial charge on any atom is -0.497 e. The number of benzene rings is 1. The largest absolute Gasteiger partial charge is 0.497 e. The van der Waals surface area contributed by atoms with Crippen molar-refractivity contribution in [1.82, 2.24) is 15.5 Å². The molecule has 1 heterocycles. The lowest BCUT2D eigenvalue weighted by molar-refractivity contribution is 0.162. The molecule has 0 radical (unpaired) electrons. The van der Waals surface area contributed by atoms with Gasteiger partial charge in [0.1, 0.15) is 5.75 Å². The van der Waals surface area contributed by atoms with E-state index < -0.39 is 0 Å². The van der Waals surface area contributed by atoms with Gasteiger partial charge in [0.05, 0.1) is 7.11 Å². The number of rotatable bonds is 4. The number of anilines is 1. The van der Waals surface area contributed by atoms with Crippen molar-refractivity contribution in [3.05, 3.63) is 24.3 Å². The molecule has 0 aromatic heterocycles. The van der Waals surface area contributed by atoms with E-state index in [4.69, 9.17) is 4.74 Å². The van der Waals surface area contributed by atoms with E-state index in [1.54, 1.807) is 31.4 Å². The van der Waals surface area contributed by atoms with Crippen molar-refractivity contribution in [3.8, 4) is 5.75 Å². The third kappa shape index (κ3) is 6.46. The molecule has 1 aliphatic heterocycles. The van der Waals surface area contributed by atoms with Gasteiger partial charge in [-0.15, -0.1) is 0 Å². The molecule has 4 amide bonds. The molecular weight excluding hydrogens is 332 g/mol. The number of ether oxygens (including phenoxy) is 1. The molecule has 1 aliphatic rings. The zero-order chi connectivity index (χ0) is 19.2. The van der Waals surface area contributed by atoms with Crippen molar-refractivity contribution in [2.45, 2.75) is 39.2 Å². The fourth-order valence-corrected chi connectivity index (χ4v) is 2.83. The number of hydrogen-bond donors (Lipinski definition) is 3. The Morgan fingerprint density at radius 2 is 1.77 bits per heavy atom. The summed E-state index contributed by atoms with van der Waals surface area (Å²) in [5.74, 6) is 1.13. The molecule has 0 bridgehead atoms. The maximum Gasteiger partial charge on any atom is 0.319 e. The zero-order valence-corrected chi connectivity index (χ0v) is 16.1. The Morgan fingerprint density at radius 1 is 1.15 bits per heavy atom. The zero-order valence-electron chi connectivity index (χ0n) is 16.1. The third-order valence-corrected chi connectivity index (χ3v) is 4.28. The number of methoxy groups -OCH3 is 1. The highest BCUT2D eigenvalue weighted by molar-refractivity contribution is 5.89. The van der Waals surface area contributed by atoms with E-state index >= 15 is 0 Å². The van der Waals surface area contributed by atoms with Gasteiger partial charge in [-0.05, 0) is 63.8 Å². The molecule has 0 unspecified atom stereocenters. The number of carbonyl (C=O) groups is 2. The SMILES string of the molecule is COc1ccc(NC(=O)NCC2CCN(C(=O)NC(C)(C)C)CC2)cc1. The van der Waals surface area contributed by atoms with Crippen LogP contribution >= 0.6 is 0 Å². The first kappa shape index (κ1) is 19.9. The van der Waals surface area contributed by atoms with E-state index in [0.717, 1.165) is 24.3 Å². The lowest BCUT2D eigenvalue weighted by atomic mass is 9.97. The monoisotopic (exact) mass is 362 g/mol. The molecule has 1 fully saturated rings. The summed E-state index contributed by atoms with van der Waals surface area (Å²) in [7, 11) is 1.60. The molecule has 3 N–H and O–H groups in total. The standard InChI is InChI=1S/C19H30N4O3/c1-19(2,3)22-18(25)23-11-9-14(10-12-23)13-20-17(24)21-15-5-7-16(26-4)8-6-15/h5-8,14H,9-13H2,1-4H3,(H,22,25)(H2,20,21,24). The first-order chi connectivity index (χ1) is 12.3. The summed E-state index contributed by atoms with van der Waals surface area (Å²) in [6.45, 7) is 7.97. The van der Waals surface area contributed by atoms with Gasteiger partial charge < -0.3 is 25.6 Å². The van der Waals surface area contributed by atoms with Crippen molar-refractivity contribution < 1.29 is 14.3 Å². The van der Waals surface area contributed by atoms with E-state index in [1.807, 2.05) is 25.7 Å². The quantitative estimate of drug-likeness (QED) is 0.770. The van der Waals surface area contributed by atoms with Gasteiger partial charge in [-0.1, -0.05) is 0 Å². The summed E-state index contributed by atoms with van der Waals surface area (Å²) in [6.07, 6.45) is 1.78. The number of nitrogens with zero attached hydrogens (tertiary/aromatic N) is 1. The molecule has 26 heavy (non-hydrogen) atoms. The number of nitrogens with one attached hydrogen (secondary N) is 3. The van der Waals surface area contributed by atoms with Crippen molar-refractivity contribution >= 4 is 17.7 Å². The molecule has 7 heteroatoms. The van der Waals surface area contributed by atoms with Crippen LogP contribution < -0.4 is 20.7 Å². The highest BCUT2D eigenvalue weighted by atomic mass is 16.5. The van der Waals surface area contributed by atoms with Crippen LogP contribution in [-0.2, 0) is 0 Å². The van der Waals surface area contributed by atoms with E-state index in [-0.39, 0.29) is 17.6 Å². The predicted octanol–water partition coefficient (Wildman–Crippen LogP) is 3.04. The Morgan fingerprint density at radius 3 is 2.31 bits per heavy atom. The van der Waals surface area contributed by atoms with Crippen molar-refractivity contribution in [1.29, 1.82) is 0 Å². The van der Waals surface area contributed by atoms with Crippen LogP contribution in [0.25, 0.3) is 0 Å². The van der Waals surface area contributed by atoms with Crippen molar-refractivity contribution in [2.75, 3.05) is 32.1 Å².